The van der Waals surface area contributed by atoms with Crippen molar-refractivity contribution in [2.45, 2.75) is 26.2 Å². The average Bonchev–Trinajstić information content (AvgIpc) is 2.05. The van der Waals surface area contributed by atoms with E-state index in [1.165, 1.54) is 13.3 Å². The van der Waals surface area contributed by atoms with Crippen LogP contribution >= 0.6 is 0 Å². The second kappa shape index (κ2) is 5.77. The van der Waals surface area contributed by atoms with Gasteiger partial charge in [-0.1, -0.05) is 13.3 Å². The first-order chi connectivity index (χ1) is 5.26. The third kappa shape index (κ3) is 3.65. The molecule has 0 fully saturated rings. The van der Waals surface area contributed by atoms with Gasteiger partial charge in [-0.2, -0.15) is 0 Å². The molecule has 0 atom stereocenters. The molecule has 0 heterocycles. The van der Waals surface area contributed by atoms with Gasteiger partial charge >= 0.3 is 5.97 Å². The van der Waals surface area contributed by atoms with E-state index < -0.39 is 0 Å². The van der Waals surface area contributed by atoms with Gasteiger partial charge in [0.05, 0.1) is 12.7 Å². The van der Waals surface area contributed by atoms with Crippen LogP contribution in [0.5, 0.6) is 0 Å². The molecule has 0 aliphatic carbocycles. The molecule has 0 aromatic carbocycles. The van der Waals surface area contributed by atoms with Crippen molar-refractivity contribution in [3.05, 3.63) is 11.8 Å². The van der Waals surface area contributed by atoms with Gasteiger partial charge in [0, 0.05) is 6.20 Å². The van der Waals surface area contributed by atoms with Crippen molar-refractivity contribution in [2.75, 3.05) is 7.11 Å². The van der Waals surface area contributed by atoms with Gasteiger partial charge in [-0.3, -0.25) is 0 Å². The van der Waals surface area contributed by atoms with E-state index >= 15 is 0 Å². The third-order valence-electron chi connectivity index (χ3n) is 1.45. The minimum atomic E-state index is -0.319. The van der Waals surface area contributed by atoms with Crippen molar-refractivity contribution < 1.29 is 9.53 Å². The number of nitrogens with two attached hydrogens (primary N) is 1. The Hall–Kier alpha value is -0.990. The predicted octanol–water partition coefficient (Wildman–Crippen LogP) is 1.19. The number of ether oxygens (including phenoxy) is 1. The van der Waals surface area contributed by atoms with E-state index in [9.17, 15) is 4.79 Å². The SMILES string of the molecule is CCCCC(=CN)C(=O)OC. The van der Waals surface area contributed by atoms with Gasteiger partial charge in [-0.25, -0.2) is 4.79 Å². The number of unbranched alkanes of at least 4 members (excludes halogenated alkanes) is 1. The fraction of sp³-hybridized carbons (Fsp3) is 0.625. The summed E-state index contributed by atoms with van der Waals surface area (Å²) in [5.74, 6) is -0.319. The zero-order valence-corrected chi connectivity index (χ0v) is 7.09. The molecule has 0 saturated heterocycles. The maximum absolute atomic E-state index is 10.9. The Bertz CT molecular complexity index is 152. The molecule has 0 radical (unpaired) electrons. The normalized spacial score (nSPS) is 11.3. The highest BCUT2D eigenvalue weighted by Gasteiger charge is 2.06. The van der Waals surface area contributed by atoms with Crippen LogP contribution in [0.4, 0.5) is 0 Å². The number of rotatable bonds is 4. The molecule has 0 saturated carbocycles. The molecule has 11 heavy (non-hydrogen) atoms. The minimum Gasteiger partial charge on any atom is -0.466 e. The van der Waals surface area contributed by atoms with Crippen LogP contribution in [-0.4, -0.2) is 13.1 Å². The van der Waals surface area contributed by atoms with Gasteiger partial charge in [0.2, 0.25) is 0 Å². The first-order valence-corrected chi connectivity index (χ1v) is 3.75. The molecule has 0 aromatic heterocycles. The fourth-order valence-corrected chi connectivity index (χ4v) is 0.752. The second-order valence-electron chi connectivity index (χ2n) is 2.29. The Morgan fingerprint density at radius 2 is 2.27 bits per heavy atom. The molecule has 64 valence electrons. The summed E-state index contributed by atoms with van der Waals surface area (Å²) in [7, 11) is 1.36. The average molecular weight is 157 g/mol. The molecule has 2 N–H and O–H groups in total. The van der Waals surface area contributed by atoms with Crippen molar-refractivity contribution in [1.29, 1.82) is 0 Å². The molecule has 3 heteroatoms. The quantitative estimate of drug-likeness (QED) is 0.492. The van der Waals surface area contributed by atoms with E-state index in [4.69, 9.17) is 5.73 Å². The Labute approximate surface area is 67.2 Å². The lowest BCUT2D eigenvalue weighted by molar-refractivity contribution is -0.136. The highest BCUT2D eigenvalue weighted by molar-refractivity contribution is 5.88. The summed E-state index contributed by atoms with van der Waals surface area (Å²) in [6, 6.07) is 0. The van der Waals surface area contributed by atoms with Crippen LogP contribution < -0.4 is 5.73 Å². The van der Waals surface area contributed by atoms with E-state index in [0.29, 0.717) is 12.0 Å². The molecule has 0 amide bonds. The highest BCUT2D eigenvalue weighted by atomic mass is 16.5. The van der Waals surface area contributed by atoms with Crippen LogP contribution in [-0.2, 0) is 9.53 Å². The van der Waals surface area contributed by atoms with Crippen molar-refractivity contribution >= 4 is 5.97 Å². The zero-order chi connectivity index (χ0) is 8.69. The largest absolute Gasteiger partial charge is 0.466 e. The molecule has 0 rings (SSSR count). The van der Waals surface area contributed by atoms with E-state index in [-0.39, 0.29) is 5.97 Å². The molecule has 0 spiro atoms. The molecule has 0 unspecified atom stereocenters. The van der Waals surface area contributed by atoms with Gasteiger partial charge in [0.15, 0.2) is 0 Å². The van der Waals surface area contributed by atoms with Crippen LogP contribution in [0.2, 0.25) is 0 Å². The van der Waals surface area contributed by atoms with E-state index in [2.05, 4.69) is 11.7 Å². The number of methoxy groups -OCH3 is 1. The lowest BCUT2D eigenvalue weighted by atomic mass is 10.1. The van der Waals surface area contributed by atoms with Gasteiger partial charge in [0.1, 0.15) is 0 Å². The van der Waals surface area contributed by atoms with E-state index in [1.54, 1.807) is 0 Å². The van der Waals surface area contributed by atoms with Crippen molar-refractivity contribution in [3.63, 3.8) is 0 Å². The Balaban J connectivity index is 3.87. The van der Waals surface area contributed by atoms with E-state index in [1.807, 2.05) is 0 Å². The van der Waals surface area contributed by atoms with Crippen molar-refractivity contribution in [1.82, 2.24) is 0 Å². The summed E-state index contributed by atoms with van der Waals surface area (Å²) in [5.41, 5.74) is 5.79. The highest BCUT2D eigenvalue weighted by Crippen LogP contribution is 2.06. The molecule has 0 bridgehead atoms. The van der Waals surface area contributed by atoms with Crippen molar-refractivity contribution in [3.8, 4) is 0 Å². The summed E-state index contributed by atoms with van der Waals surface area (Å²) >= 11 is 0. The zero-order valence-electron chi connectivity index (χ0n) is 7.09. The maximum atomic E-state index is 10.9. The van der Waals surface area contributed by atoms with Gasteiger partial charge < -0.3 is 10.5 Å². The monoisotopic (exact) mass is 157 g/mol. The Morgan fingerprint density at radius 1 is 1.64 bits per heavy atom. The number of esters is 1. The lowest BCUT2D eigenvalue weighted by Crippen LogP contribution is -2.06. The predicted molar refractivity (Wildman–Crippen MR) is 43.8 cm³/mol. The third-order valence-corrected chi connectivity index (χ3v) is 1.45. The maximum Gasteiger partial charge on any atom is 0.335 e. The topological polar surface area (TPSA) is 52.3 Å². The molecule has 3 nitrogen and oxygen atoms in total. The summed E-state index contributed by atoms with van der Waals surface area (Å²) in [6.07, 6.45) is 4.05. The summed E-state index contributed by atoms with van der Waals surface area (Å²) < 4.78 is 4.51. The molecular weight excluding hydrogens is 142 g/mol. The second-order valence-corrected chi connectivity index (χ2v) is 2.29. The van der Waals surface area contributed by atoms with Crippen LogP contribution in [0.1, 0.15) is 26.2 Å². The number of hydrogen-bond acceptors (Lipinski definition) is 3. The number of carbonyl (C=O) groups is 1. The first kappa shape index (κ1) is 10.0. The van der Waals surface area contributed by atoms with Crippen LogP contribution in [0.15, 0.2) is 11.8 Å². The van der Waals surface area contributed by atoms with Crippen LogP contribution in [0, 0.1) is 0 Å². The minimum absolute atomic E-state index is 0.319. The summed E-state index contributed by atoms with van der Waals surface area (Å²) in [4.78, 5) is 10.9. The number of hydrogen-bond donors (Lipinski definition) is 1. The van der Waals surface area contributed by atoms with Gasteiger partial charge in [-0.15, -0.1) is 0 Å². The van der Waals surface area contributed by atoms with Gasteiger partial charge in [0.25, 0.3) is 0 Å². The number of carbonyl (C=O) groups excluding carboxylic acids is 1. The van der Waals surface area contributed by atoms with Gasteiger partial charge in [-0.05, 0) is 12.8 Å². The summed E-state index contributed by atoms with van der Waals surface area (Å²) in [6.45, 7) is 2.06. The molecular formula is C8H15NO2. The molecule has 0 aliphatic rings. The Morgan fingerprint density at radius 3 is 2.64 bits per heavy atom. The Kier molecular flexibility index (Phi) is 5.25. The van der Waals surface area contributed by atoms with Crippen LogP contribution in [0.3, 0.4) is 0 Å². The lowest BCUT2D eigenvalue weighted by Gasteiger charge is -2.01. The molecule has 0 aliphatic heterocycles. The standard InChI is InChI=1S/C8H15NO2/c1-3-4-5-7(6-9)8(10)11-2/h6H,3-5,9H2,1-2H3. The van der Waals surface area contributed by atoms with Crippen LogP contribution in [0.25, 0.3) is 0 Å². The smallest absolute Gasteiger partial charge is 0.335 e. The van der Waals surface area contributed by atoms with E-state index in [0.717, 1.165) is 12.8 Å². The first-order valence-electron chi connectivity index (χ1n) is 3.75. The molecule has 0 aromatic rings. The fourth-order valence-electron chi connectivity index (χ4n) is 0.752. The summed E-state index contributed by atoms with van der Waals surface area (Å²) in [5, 5.41) is 0. The van der Waals surface area contributed by atoms with Crippen molar-refractivity contribution in [2.24, 2.45) is 5.73 Å².